The van der Waals surface area contributed by atoms with Crippen molar-refractivity contribution in [3.63, 3.8) is 0 Å². The molecule has 0 saturated carbocycles. The maximum Gasteiger partial charge on any atom is 0.261 e. The lowest BCUT2D eigenvalue weighted by molar-refractivity contribution is 0.419. The van der Waals surface area contributed by atoms with Gasteiger partial charge >= 0.3 is 0 Å². The lowest BCUT2D eigenvalue weighted by atomic mass is 10.2. The van der Waals surface area contributed by atoms with Gasteiger partial charge in [0.25, 0.3) is 5.89 Å². The van der Waals surface area contributed by atoms with Gasteiger partial charge in [-0.05, 0) is 19.1 Å². The van der Waals surface area contributed by atoms with Gasteiger partial charge in [-0.1, -0.05) is 59.4 Å². The fourth-order valence-corrected chi connectivity index (χ4v) is 3.53. The number of aromatic nitrogens is 5. The average molecular weight is 379 g/mol. The molecule has 4 aromatic rings. The molecule has 0 amide bonds. The Bertz CT molecular complexity index is 1050. The molecular weight excluding hydrogens is 362 g/mol. The molecule has 0 aliphatic heterocycles. The topological polar surface area (TPSA) is 89.9 Å². The van der Waals surface area contributed by atoms with Crippen LogP contribution in [0.4, 0.5) is 0 Å². The number of nitrogens with zero attached hydrogens (tertiary/aromatic N) is 5. The summed E-state index contributed by atoms with van der Waals surface area (Å²) < 4.78 is 7.33. The molecule has 4 rings (SSSR count). The Hall–Kier alpha value is -3.13. The summed E-state index contributed by atoms with van der Waals surface area (Å²) in [5.41, 5.74) is 1.55. The third-order valence-electron chi connectivity index (χ3n) is 4.00. The number of rotatable bonds is 6. The largest absolute Gasteiger partial charge is 0.507 e. The second-order valence-corrected chi connectivity index (χ2v) is 6.68. The van der Waals surface area contributed by atoms with Crippen LogP contribution in [0.3, 0.4) is 0 Å². The Morgan fingerprint density at radius 2 is 1.81 bits per heavy atom. The van der Waals surface area contributed by atoms with Crippen molar-refractivity contribution >= 4 is 11.8 Å². The first kappa shape index (κ1) is 17.3. The van der Waals surface area contributed by atoms with Gasteiger partial charge in [0.15, 0.2) is 16.8 Å². The van der Waals surface area contributed by atoms with Crippen molar-refractivity contribution in [2.75, 3.05) is 0 Å². The summed E-state index contributed by atoms with van der Waals surface area (Å²) in [6, 6.07) is 16.8. The molecule has 0 bridgehead atoms. The zero-order valence-electron chi connectivity index (χ0n) is 14.6. The zero-order chi connectivity index (χ0) is 18.6. The summed E-state index contributed by atoms with van der Waals surface area (Å²) in [6.07, 6.45) is 0. The molecule has 0 spiro atoms. The van der Waals surface area contributed by atoms with E-state index in [4.69, 9.17) is 4.52 Å². The molecule has 0 aliphatic rings. The fourth-order valence-electron chi connectivity index (χ4n) is 2.69. The van der Waals surface area contributed by atoms with Crippen molar-refractivity contribution in [3.05, 3.63) is 60.4 Å². The highest BCUT2D eigenvalue weighted by atomic mass is 32.2. The molecule has 0 saturated heterocycles. The maximum atomic E-state index is 9.91. The number of para-hydroxylation sites is 1. The van der Waals surface area contributed by atoms with E-state index in [9.17, 15) is 5.11 Å². The highest BCUT2D eigenvalue weighted by molar-refractivity contribution is 7.98. The van der Waals surface area contributed by atoms with Crippen LogP contribution in [-0.4, -0.2) is 30.0 Å². The molecule has 0 fully saturated rings. The molecule has 0 radical (unpaired) electrons. The first-order chi connectivity index (χ1) is 13.3. The molecule has 2 aromatic heterocycles. The SMILES string of the molecule is CCn1c(SCc2noc(-c3ccccc3O)n2)nnc1-c1ccccc1. The third kappa shape index (κ3) is 3.56. The van der Waals surface area contributed by atoms with Crippen LogP contribution in [0.25, 0.3) is 22.8 Å². The smallest absolute Gasteiger partial charge is 0.261 e. The highest BCUT2D eigenvalue weighted by Gasteiger charge is 2.16. The summed E-state index contributed by atoms with van der Waals surface area (Å²) in [5.74, 6) is 2.27. The van der Waals surface area contributed by atoms with Gasteiger partial charge in [-0.25, -0.2) is 0 Å². The van der Waals surface area contributed by atoms with Gasteiger partial charge in [0.05, 0.1) is 11.3 Å². The van der Waals surface area contributed by atoms with E-state index in [2.05, 4.69) is 31.8 Å². The van der Waals surface area contributed by atoms with Crippen LogP contribution in [0.5, 0.6) is 5.75 Å². The van der Waals surface area contributed by atoms with Crippen molar-refractivity contribution in [1.29, 1.82) is 0 Å². The first-order valence-electron chi connectivity index (χ1n) is 8.48. The molecule has 7 nitrogen and oxygen atoms in total. The van der Waals surface area contributed by atoms with Crippen molar-refractivity contribution in [1.82, 2.24) is 24.9 Å². The van der Waals surface area contributed by atoms with Crippen LogP contribution in [0.2, 0.25) is 0 Å². The third-order valence-corrected chi connectivity index (χ3v) is 4.96. The summed E-state index contributed by atoms with van der Waals surface area (Å²) in [5, 5.41) is 23.3. The van der Waals surface area contributed by atoms with Crippen LogP contribution in [-0.2, 0) is 12.3 Å². The van der Waals surface area contributed by atoms with E-state index in [0.29, 0.717) is 23.0 Å². The van der Waals surface area contributed by atoms with E-state index in [1.54, 1.807) is 18.2 Å². The zero-order valence-corrected chi connectivity index (χ0v) is 15.4. The molecule has 136 valence electrons. The maximum absolute atomic E-state index is 9.91. The van der Waals surface area contributed by atoms with Crippen molar-refractivity contribution in [3.8, 4) is 28.6 Å². The monoisotopic (exact) mass is 379 g/mol. The van der Waals surface area contributed by atoms with Gasteiger partial charge in [-0.3, -0.25) is 0 Å². The van der Waals surface area contributed by atoms with Crippen LogP contribution < -0.4 is 0 Å². The van der Waals surface area contributed by atoms with Gasteiger partial charge in [-0.2, -0.15) is 4.98 Å². The standard InChI is InChI=1S/C19H17N5O2S/c1-2-24-17(13-8-4-3-5-9-13)21-22-19(24)27-12-16-20-18(26-23-16)14-10-6-7-11-15(14)25/h3-11,25H,2,12H2,1H3. The molecule has 2 aromatic carbocycles. The van der Waals surface area contributed by atoms with E-state index < -0.39 is 0 Å². The Morgan fingerprint density at radius 1 is 1.04 bits per heavy atom. The fraction of sp³-hybridized carbons (Fsp3) is 0.158. The second kappa shape index (κ2) is 7.63. The van der Waals surface area contributed by atoms with Gasteiger partial charge in [0.2, 0.25) is 0 Å². The molecular formula is C19H17N5O2S. The molecule has 2 heterocycles. The Balaban J connectivity index is 1.52. The molecule has 0 atom stereocenters. The van der Waals surface area contributed by atoms with E-state index in [-0.39, 0.29) is 5.75 Å². The number of phenols is 1. The number of hydrogen-bond donors (Lipinski definition) is 1. The minimum atomic E-state index is 0.110. The normalized spacial score (nSPS) is 11.0. The minimum absolute atomic E-state index is 0.110. The van der Waals surface area contributed by atoms with Gasteiger partial charge in [0.1, 0.15) is 5.75 Å². The quantitative estimate of drug-likeness (QED) is 0.506. The van der Waals surface area contributed by atoms with Crippen molar-refractivity contribution in [2.45, 2.75) is 24.4 Å². The lowest BCUT2D eigenvalue weighted by Gasteiger charge is -2.06. The average Bonchev–Trinajstić information content (AvgIpc) is 3.34. The Kier molecular flexibility index (Phi) is 4.88. The Labute approximate surface area is 160 Å². The highest BCUT2D eigenvalue weighted by Crippen LogP contribution is 2.29. The molecule has 1 N–H and O–H groups in total. The summed E-state index contributed by atoms with van der Waals surface area (Å²) >= 11 is 1.49. The first-order valence-corrected chi connectivity index (χ1v) is 9.47. The predicted molar refractivity (Wildman–Crippen MR) is 102 cm³/mol. The lowest BCUT2D eigenvalue weighted by Crippen LogP contribution is -2.00. The van der Waals surface area contributed by atoms with Crippen LogP contribution in [0, 0.1) is 0 Å². The van der Waals surface area contributed by atoms with Gasteiger partial charge in [-0.15, -0.1) is 10.2 Å². The van der Waals surface area contributed by atoms with E-state index in [0.717, 1.165) is 23.1 Å². The van der Waals surface area contributed by atoms with Gasteiger partial charge in [0, 0.05) is 12.1 Å². The number of hydrogen-bond acceptors (Lipinski definition) is 7. The minimum Gasteiger partial charge on any atom is -0.507 e. The molecule has 8 heteroatoms. The van der Waals surface area contributed by atoms with Crippen molar-refractivity contribution < 1.29 is 9.63 Å². The van der Waals surface area contributed by atoms with Gasteiger partial charge < -0.3 is 14.2 Å². The van der Waals surface area contributed by atoms with E-state index >= 15 is 0 Å². The van der Waals surface area contributed by atoms with E-state index in [1.807, 2.05) is 36.4 Å². The molecule has 0 unspecified atom stereocenters. The number of thioether (sulfide) groups is 1. The summed E-state index contributed by atoms with van der Waals surface area (Å²) in [4.78, 5) is 4.36. The van der Waals surface area contributed by atoms with E-state index in [1.165, 1.54) is 11.8 Å². The molecule has 0 aliphatic carbocycles. The Morgan fingerprint density at radius 3 is 2.59 bits per heavy atom. The van der Waals surface area contributed by atoms with Crippen LogP contribution >= 0.6 is 11.8 Å². The van der Waals surface area contributed by atoms with Crippen LogP contribution in [0.1, 0.15) is 12.7 Å². The number of aromatic hydroxyl groups is 1. The number of benzene rings is 2. The van der Waals surface area contributed by atoms with Crippen LogP contribution in [0.15, 0.2) is 64.3 Å². The second-order valence-electron chi connectivity index (χ2n) is 5.74. The summed E-state index contributed by atoms with van der Waals surface area (Å²) in [6.45, 7) is 2.82. The summed E-state index contributed by atoms with van der Waals surface area (Å²) in [7, 11) is 0. The predicted octanol–water partition coefficient (Wildman–Crippen LogP) is 4.01. The van der Waals surface area contributed by atoms with Crippen molar-refractivity contribution in [2.24, 2.45) is 0 Å². The number of phenolic OH excluding ortho intramolecular Hbond substituents is 1. The molecule has 27 heavy (non-hydrogen) atoms.